The number of carbonyl (C=O) groups is 1. The molecule has 0 saturated heterocycles. The molecule has 1 N–H and O–H groups in total. The van der Waals surface area contributed by atoms with Crippen molar-refractivity contribution < 1.29 is 9.90 Å². The lowest BCUT2D eigenvalue weighted by molar-refractivity contribution is 0.0696. The summed E-state index contributed by atoms with van der Waals surface area (Å²) < 4.78 is 1.92. The fraction of sp³-hybridized carbons (Fsp3) is 0.273. The number of rotatable bonds is 4. The van der Waals surface area contributed by atoms with Crippen LogP contribution in [-0.2, 0) is 12.8 Å². The summed E-state index contributed by atoms with van der Waals surface area (Å²) in [5.41, 5.74) is 0.189. The largest absolute Gasteiger partial charge is 0.478 e. The minimum absolute atomic E-state index is 0.189. The van der Waals surface area contributed by atoms with Gasteiger partial charge in [0.15, 0.2) is 0 Å². The van der Waals surface area contributed by atoms with E-state index in [0.29, 0.717) is 5.75 Å². The smallest absolute Gasteiger partial charge is 0.337 e. The average molecular weight is 264 g/mol. The Kier molecular flexibility index (Phi) is 3.61. The number of aromatic carboxylic acids is 1. The first-order valence-electron chi connectivity index (χ1n) is 5.25. The van der Waals surface area contributed by atoms with Crippen molar-refractivity contribution in [3.05, 3.63) is 35.5 Å². The molecule has 7 heteroatoms. The molecule has 6 nitrogen and oxygen atoms in total. The number of pyridine rings is 1. The molecular formula is C11H12N4O2S. The van der Waals surface area contributed by atoms with E-state index in [9.17, 15) is 4.79 Å². The summed E-state index contributed by atoms with van der Waals surface area (Å²) in [5, 5.41) is 17.5. The first-order valence-corrected chi connectivity index (χ1v) is 6.23. The molecule has 0 aliphatic rings. The molecule has 18 heavy (non-hydrogen) atoms. The van der Waals surface area contributed by atoms with Crippen LogP contribution >= 0.6 is 11.8 Å². The number of aromatic nitrogens is 4. The highest BCUT2D eigenvalue weighted by atomic mass is 32.2. The molecule has 0 bridgehead atoms. The number of thioether (sulfide) groups is 1. The van der Waals surface area contributed by atoms with Crippen molar-refractivity contribution >= 4 is 17.7 Å². The molecule has 0 spiro atoms. The Bertz CT molecular complexity index is 565. The molecule has 2 rings (SSSR count). The highest BCUT2D eigenvalue weighted by molar-refractivity contribution is 7.98. The van der Waals surface area contributed by atoms with E-state index < -0.39 is 5.97 Å². The second-order valence-electron chi connectivity index (χ2n) is 3.70. The van der Waals surface area contributed by atoms with Crippen molar-refractivity contribution in [2.45, 2.75) is 17.7 Å². The molecule has 0 aliphatic heterocycles. The summed E-state index contributed by atoms with van der Waals surface area (Å²) in [6.07, 6.45) is 1.35. The maximum atomic E-state index is 10.7. The maximum Gasteiger partial charge on any atom is 0.337 e. The lowest BCUT2D eigenvalue weighted by Crippen LogP contribution is -1.99. The third-order valence-corrected chi connectivity index (χ3v) is 3.45. The van der Waals surface area contributed by atoms with Crippen LogP contribution in [0.2, 0.25) is 0 Å². The molecule has 0 unspecified atom stereocenters. The lowest BCUT2D eigenvalue weighted by Gasteiger charge is -2.02. The predicted molar refractivity (Wildman–Crippen MR) is 66.5 cm³/mol. The molecule has 2 aromatic rings. The molecule has 0 atom stereocenters. The van der Waals surface area contributed by atoms with E-state index >= 15 is 0 Å². The van der Waals surface area contributed by atoms with Crippen molar-refractivity contribution in [2.24, 2.45) is 7.05 Å². The van der Waals surface area contributed by atoms with Crippen LogP contribution in [-0.4, -0.2) is 30.8 Å². The second-order valence-corrected chi connectivity index (χ2v) is 4.70. The van der Waals surface area contributed by atoms with Crippen molar-refractivity contribution in [1.29, 1.82) is 0 Å². The van der Waals surface area contributed by atoms with Gasteiger partial charge in [0.2, 0.25) is 0 Å². The molecule has 2 heterocycles. The summed E-state index contributed by atoms with van der Waals surface area (Å²) in [6.45, 7) is 1.89. The van der Waals surface area contributed by atoms with Crippen LogP contribution in [0.4, 0.5) is 0 Å². The van der Waals surface area contributed by atoms with Gasteiger partial charge in [0.05, 0.1) is 16.3 Å². The number of hydrogen-bond acceptors (Lipinski definition) is 5. The first kappa shape index (κ1) is 12.6. The quantitative estimate of drug-likeness (QED) is 0.843. The van der Waals surface area contributed by atoms with Gasteiger partial charge in [-0.05, 0) is 19.1 Å². The Hall–Kier alpha value is -1.89. The van der Waals surface area contributed by atoms with E-state index in [2.05, 4.69) is 15.2 Å². The number of carboxylic acid groups (broad SMARTS) is 1. The topological polar surface area (TPSA) is 80.9 Å². The van der Waals surface area contributed by atoms with Crippen molar-refractivity contribution in [1.82, 2.24) is 19.7 Å². The molecule has 0 fully saturated rings. The van der Waals surface area contributed by atoms with Crippen LogP contribution in [0, 0.1) is 6.92 Å². The minimum atomic E-state index is -0.969. The van der Waals surface area contributed by atoms with Gasteiger partial charge in [-0.25, -0.2) is 9.78 Å². The SMILES string of the molecule is Cc1nnc(CSc2ccc(C(=O)O)cn2)n1C. The molecule has 0 amide bonds. The molecule has 0 aliphatic carbocycles. The first-order chi connectivity index (χ1) is 8.58. The van der Waals surface area contributed by atoms with Gasteiger partial charge in [0.25, 0.3) is 0 Å². The zero-order valence-corrected chi connectivity index (χ0v) is 10.8. The van der Waals surface area contributed by atoms with Crippen molar-refractivity contribution in [3.8, 4) is 0 Å². The molecule has 94 valence electrons. The van der Waals surface area contributed by atoms with Gasteiger partial charge in [-0.3, -0.25) is 0 Å². The Morgan fingerprint density at radius 1 is 1.44 bits per heavy atom. The molecule has 2 aromatic heterocycles. The third kappa shape index (κ3) is 2.67. The Morgan fingerprint density at radius 2 is 2.22 bits per heavy atom. The summed E-state index contributed by atoms with van der Waals surface area (Å²) >= 11 is 1.49. The van der Waals surface area contributed by atoms with E-state index in [4.69, 9.17) is 5.11 Å². The summed E-state index contributed by atoms with van der Waals surface area (Å²) in [6, 6.07) is 3.23. The van der Waals surface area contributed by atoms with Crippen molar-refractivity contribution in [2.75, 3.05) is 0 Å². The monoisotopic (exact) mass is 264 g/mol. The zero-order chi connectivity index (χ0) is 13.1. The van der Waals surface area contributed by atoms with Crippen LogP contribution in [0.25, 0.3) is 0 Å². The summed E-state index contributed by atoms with van der Waals surface area (Å²) in [7, 11) is 1.91. The molecular weight excluding hydrogens is 252 g/mol. The van der Waals surface area contributed by atoms with Crippen LogP contribution in [0.5, 0.6) is 0 Å². The van der Waals surface area contributed by atoms with Crippen molar-refractivity contribution in [3.63, 3.8) is 0 Å². The lowest BCUT2D eigenvalue weighted by atomic mass is 10.3. The number of aryl methyl sites for hydroxylation is 1. The number of hydrogen-bond donors (Lipinski definition) is 1. The van der Waals surface area contributed by atoms with Gasteiger partial charge in [0, 0.05) is 13.2 Å². The summed E-state index contributed by atoms with van der Waals surface area (Å²) in [5.74, 6) is 1.40. The van der Waals surface area contributed by atoms with E-state index in [-0.39, 0.29) is 5.56 Å². The van der Waals surface area contributed by atoms with E-state index in [0.717, 1.165) is 16.7 Å². The van der Waals surface area contributed by atoms with Crippen LogP contribution < -0.4 is 0 Å². The Morgan fingerprint density at radius 3 is 2.72 bits per heavy atom. The number of nitrogens with zero attached hydrogens (tertiary/aromatic N) is 4. The van der Waals surface area contributed by atoms with Gasteiger partial charge >= 0.3 is 5.97 Å². The minimum Gasteiger partial charge on any atom is -0.478 e. The Labute approximate surface area is 108 Å². The predicted octanol–water partition coefficient (Wildman–Crippen LogP) is 1.51. The molecule has 0 aromatic carbocycles. The highest BCUT2D eigenvalue weighted by Crippen LogP contribution is 2.19. The number of carboxylic acids is 1. The summed E-state index contributed by atoms with van der Waals surface area (Å²) in [4.78, 5) is 14.7. The third-order valence-electron chi connectivity index (χ3n) is 2.52. The fourth-order valence-electron chi connectivity index (χ4n) is 1.31. The van der Waals surface area contributed by atoms with E-state index in [1.165, 1.54) is 18.0 Å². The average Bonchev–Trinajstić information content (AvgIpc) is 2.68. The molecule has 0 radical (unpaired) electrons. The van der Waals surface area contributed by atoms with Gasteiger partial charge < -0.3 is 9.67 Å². The molecule has 0 saturated carbocycles. The zero-order valence-electron chi connectivity index (χ0n) is 9.99. The fourth-order valence-corrected chi connectivity index (χ4v) is 2.13. The van der Waals surface area contributed by atoms with Gasteiger partial charge in [-0.2, -0.15) is 0 Å². The maximum absolute atomic E-state index is 10.7. The van der Waals surface area contributed by atoms with Crippen LogP contribution in [0.1, 0.15) is 22.0 Å². The standard InChI is InChI=1S/C11H12N4O2S/c1-7-13-14-9(15(7)2)6-18-10-4-3-8(5-12-10)11(16)17/h3-5H,6H2,1-2H3,(H,16,17). The van der Waals surface area contributed by atoms with Gasteiger partial charge in [0.1, 0.15) is 11.6 Å². The second kappa shape index (κ2) is 5.18. The van der Waals surface area contributed by atoms with Gasteiger partial charge in [-0.1, -0.05) is 11.8 Å². The normalized spacial score (nSPS) is 10.6. The van der Waals surface area contributed by atoms with Gasteiger partial charge in [-0.15, -0.1) is 10.2 Å². The van der Waals surface area contributed by atoms with E-state index in [1.54, 1.807) is 12.1 Å². The van der Waals surface area contributed by atoms with E-state index in [1.807, 2.05) is 18.5 Å². The van der Waals surface area contributed by atoms with Crippen LogP contribution in [0.15, 0.2) is 23.4 Å². The highest BCUT2D eigenvalue weighted by Gasteiger charge is 2.07. The Balaban J connectivity index is 2.02. The van der Waals surface area contributed by atoms with Crippen LogP contribution in [0.3, 0.4) is 0 Å².